The zero-order valence-electron chi connectivity index (χ0n) is 10.6. The largest absolute Gasteiger partial charge is 0.311 e. The second-order valence-corrected chi connectivity index (χ2v) is 7.11. The number of nitrogens with one attached hydrogen (secondary N) is 1. The summed E-state index contributed by atoms with van der Waals surface area (Å²) in [6.45, 7) is 7.32. The van der Waals surface area contributed by atoms with Gasteiger partial charge in [0, 0.05) is 31.4 Å². The molecule has 0 spiro atoms. The molecule has 0 radical (unpaired) electrons. The van der Waals surface area contributed by atoms with Crippen LogP contribution < -0.4 is 5.32 Å². The van der Waals surface area contributed by atoms with Crippen LogP contribution in [0.25, 0.3) is 0 Å². The average molecular weight is 248 g/mol. The topological polar surface area (TPSA) is 49.4 Å². The van der Waals surface area contributed by atoms with Crippen molar-refractivity contribution < 1.29 is 8.42 Å². The highest BCUT2D eigenvalue weighted by Gasteiger charge is 2.23. The van der Waals surface area contributed by atoms with Crippen molar-refractivity contribution in [2.24, 2.45) is 0 Å². The first-order chi connectivity index (χ1) is 7.42. The van der Waals surface area contributed by atoms with Gasteiger partial charge in [-0.05, 0) is 26.3 Å². The van der Waals surface area contributed by atoms with Gasteiger partial charge < -0.3 is 5.32 Å². The molecule has 2 atom stereocenters. The van der Waals surface area contributed by atoms with Gasteiger partial charge in [0.05, 0.1) is 5.75 Å². The minimum atomic E-state index is -2.80. The predicted molar refractivity (Wildman–Crippen MR) is 67.4 cm³/mol. The van der Waals surface area contributed by atoms with E-state index >= 15 is 0 Å². The summed E-state index contributed by atoms with van der Waals surface area (Å²) >= 11 is 0. The summed E-state index contributed by atoms with van der Waals surface area (Å²) < 4.78 is 22.1. The Kier molecular flexibility index (Phi) is 5.21. The first kappa shape index (κ1) is 13.9. The van der Waals surface area contributed by atoms with Gasteiger partial charge >= 0.3 is 0 Å². The highest BCUT2D eigenvalue weighted by atomic mass is 32.2. The van der Waals surface area contributed by atoms with E-state index in [4.69, 9.17) is 0 Å². The van der Waals surface area contributed by atoms with Crippen molar-refractivity contribution in [3.05, 3.63) is 0 Å². The van der Waals surface area contributed by atoms with Gasteiger partial charge in [0.15, 0.2) is 0 Å². The molecule has 0 aliphatic carbocycles. The Balaban J connectivity index is 2.37. The molecular formula is C11H24N2O2S. The average Bonchev–Trinajstić information content (AvgIpc) is 2.16. The van der Waals surface area contributed by atoms with E-state index in [2.05, 4.69) is 24.1 Å². The lowest BCUT2D eigenvalue weighted by molar-refractivity contribution is 0.132. The van der Waals surface area contributed by atoms with Crippen molar-refractivity contribution in [2.75, 3.05) is 31.6 Å². The molecule has 1 rings (SSSR count). The van der Waals surface area contributed by atoms with Crippen LogP contribution in [0.15, 0.2) is 0 Å². The van der Waals surface area contributed by atoms with Gasteiger partial charge in [0.2, 0.25) is 0 Å². The molecule has 5 heteroatoms. The summed E-state index contributed by atoms with van der Waals surface area (Å²) in [6.07, 6.45) is 3.19. The molecule has 96 valence electrons. The fourth-order valence-electron chi connectivity index (χ4n) is 2.24. The van der Waals surface area contributed by atoms with Gasteiger partial charge in [-0.1, -0.05) is 6.92 Å². The molecular weight excluding hydrogens is 224 g/mol. The van der Waals surface area contributed by atoms with E-state index in [0.717, 1.165) is 32.5 Å². The van der Waals surface area contributed by atoms with E-state index in [9.17, 15) is 8.42 Å². The Morgan fingerprint density at radius 2 is 2.12 bits per heavy atom. The second-order valence-electron chi connectivity index (χ2n) is 4.85. The first-order valence-electron chi connectivity index (χ1n) is 6.07. The van der Waals surface area contributed by atoms with E-state index < -0.39 is 9.84 Å². The fraction of sp³-hybridized carbons (Fsp3) is 1.00. The third kappa shape index (κ3) is 4.80. The summed E-state index contributed by atoms with van der Waals surface area (Å²) in [7, 11) is -2.80. The zero-order valence-corrected chi connectivity index (χ0v) is 11.4. The molecule has 16 heavy (non-hydrogen) atoms. The lowest BCUT2D eigenvalue weighted by Crippen LogP contribution is -2.55. The SMILES string of the molecule is CCC1CNC(C)CN1CCCS(C)(=O)=O. The normalized spacial score (nSPS) is 28.2. The Morgan fingerprint density at radius 3 is 2.69 bits per heavy atom. The van der Waals surface area contributed by atoms with E-state index in [-0.39, 0.29) is 0 Å². The van der Waals surface area contributed by atoms with Crippen LogP contribution in [-0.2, 0) is 9.84 Å². The Labute approximate surface area is 99.3 Å². The quantitative estimate of drug-likeness (QED) is 0.769. The molecule has 0 aromatic heterocycles. The maximum Gasteiger partial charge on any atom is 0.147 e. The number of hydrogen-bond acceptors (Lipinski definition) is 4. The van der Waals surface area contributed by atoms with Gasteiger partial charge in [0.25, 0.3) is 0 Å². The first-order valence-corrected chi connectivity index (χ1v) is 8.13. The zero-order chi connectivity index (χ0) is 12.2. The number of hydrogen-bond donors (Lipinski definition) is 1. The third-order valence-electron chi connectivity index (χ3n) is 3.16. The van der Waals surface area contributed by atoms with Crippen molar-refractivity contribution in [3.63, 3.8) is 0 Å². The molecule has 2 unspecified atom stereocenters. The highest BCUT2D eigenvalue weighted by Crippen LogP contribution is 2.10. The van der Waals surface area contributed by atoms with Crippen LogP contribution in [0.3, 0.4) is 0 Å². The molecule has 1 fully saturated rings. The Morgan fingerprint density at radius 1 is 1.44 bits per heavy atom. The van der Waals surface area contributed by atoms with Crippen LogP contribution in [0.5, 0.6) is 0 Å². The standard InChI is InChI=1S/C11H24N2O2S/c1-4-11-8-12-10(2)9-13(11)6-5-7-16(3,14)15/h10-12H,4-9H2,1-3H3. The van der Waals surface area contributed by atoms with Gasteiger partial charge in [-0.15, -0.1) is 0 Å². The predicted octanol–water partition coefficient (Wildman–Crippen LogP) is 0.493. The molecule has 0 aromatic carbocycles. The third-order valence-corrected chi connectivity index (χ3v) is 4.19. The molecule has 0 aromatic rings. The monoisotopic (exact) mass is 248 g/mol. The maximum atomic E-state index is 11.1. The fourth-order valence-corrected chi connectivity index (χ4v) is 2.89. The van der Waals surface area contributed by atoms with Gasteiger partial charge in [-0.2, -0.15) is 0 Å². The molecule has 0 saturated carbocycles. The molecule has 0 bridgehead atoms. The van der Waals surface area contributed by atoms with Crippen LogP contribution in [-0.4, -0.2) is 57.0 Å². The summed E-state index contributed by atoms with van der Waals surface area (Å²) in [4.78, 5) is 2.42. The molecule has 1 N–H and O–H groups in total. The lowest BCUT2D eigenvalue weighted by atomic mass is 10.1. The number of sulfone groups is 1. The molecule has 1 aliphatic heterocycles. The van der Waals surface area contributed by atoms with Crippen molar-refractivity contribution in [1.82, 2.24) is 10.2 Å². The minimum Gasteiger partial charge on any atom is -0.311 e. The molecule has 1 aliphatic rings. The van der Waals surface area contributed by atoms with Crippen LogP contribution >= 0.6 is 0 Å². The van der Waals surface area contributed by atoms with Crippen LogP contribution in [0, 0.1) is 0 Å². The second kappa shape index (κ2) is 5.98. The van der Waals surface area contributed by atoms with Crippen molar-refractivity contribution in [3.8, 4) is 0 Å². The Hall–Kier alpha value is -0.130. The van der Waals surface area contributed by atoms with Crippen molar-refractivity contribution >= 4 is 9.84 Å². The van der Waals surface area contributed by atoms with Crippen LogP contribution in [0.1, 0.15) is 26.7 Å². The highest BCUT2D eigenvalue weighted by molar-refractivity contribution is 7.90. The lowest BCUT2D eigenvalue weighted by Gasteiger charge is -2.39. The number of nitrogens with zero attached hydrogens (tertiary/aromatic N) is 1. The smallest absolute Gasteiger partial charge is 0.147 e. The summed E-state index contributed by atoms with van der Waals surface area (Å²) in [5, 5.41) is 3.46. The van der Waals surface area contributed by atoms with E-state index in [1.165, 1.54) is 6.26 Å². The molecule has 4 nitrogen and oxygen atoms in total. The van der Waals surface area contributed by atoms with E-state index in [1.54, 1.807) is 0 Å². The molecule has 1 saturated heterocycles. The maximum absolute atomic E-state index is 11.1. The van der Waals surface area contributed by atoms with E-state index in [0.29, 0.717) is 17.8 Å². The summed E-state index contributed by atoms with van der Waals surface area (Å²) in [5.41, 5.74) is 0. The summed E-state index contributed by atoms with van der Waals surface area (Å²) in [6, 6.07) is 1.08. The molecule has 1 heterocycles. The summed E-state index contributed by atoms with van der Waals surface area (Å²) in [5.74, 6) is 0.307. The van der Waals surface area contributed by atoms with E-state index in [1.807, 2.05) is 0 Å². The van der Waals surface area contributed by atoms with Crippen molar-refractivity contribution in [1.29, 1.82) is 0 Å². The number of piperazine rings is 1. The van der Waals surface area contributed by atoms with Gasteiger partial charge in [0.1, 0.15) is 9.84 Å². The number of rotatable bonds is 5. The van der Waals surface area contributed by atoms with Gasteiger partial charge in [-0.25, -0.2) is 8.42 Å². The van der Waals surface area contributed by atoms with Crippen LogP contribution in [0.2, 0.25) is 0 Å². The minimum absolute atomic E-state index is 0.307. The van der Waals surface area contributed by atoms with Crippen LogP contribution in [0.4, 0.5) is 0 Å². The Bertz CT molecular complexity index is 303. The van der Waals surface area contributed by atoms with Crippen molar-refractivity contribution in [2.45, 2.75) is 38.8 Å². The van der Waals surface area contributed by atoms with Gasteiger partial charge in [-0.3, -0.25) is 4.90 Å². The molecule has 0 amide bonds.